The molecule has 1 aromatic heterocycles. The molecule has 0 unspecified atom stereocenters. The van der Waals surface area contributed by atoms with Crippen molar-refractivity contribution in [3.63, 3.8) is 0 Å². The standard InChI is InChI=1S/C22H16ClN3O2/c23-17-11-12-21(28-19-9-5-2-6-10-19)20(13-17)25-22(27)16-14-24-26(15-16)18-7-3-1-4-8-18/h1-15H,(H,25,27). The third-order valence-electron chi connectivity index (χ3n) is 4.03. The van der Waals surface area contributed by atoms with Gasteiger partial charge in [0.05, 0.1) is 23.1 Å². The quantitative estimate of drug-likeness (QED) is 0.485. The molecule has 0 atom stereocenters. The lowest BCUT2D eigenvalue weighted by atomic mass is 10.2. The second kappa shape index (κ2) is 7.98. The maximum atomic E-state index is 12.7. The van der Waals surface area contributed by atoms with Gasteiger partial charge in [-0.05, 0) is 42.5 Å². The molecule has 1 heterocycles. The Balaban J connectivity index is 1.56. The Morgan fingerprint density at radius 3 is 2.43 bits per heavy atom. The van der Waals surface area contributed by atoms with Gasteiger partial charge in [0, 0.05) is 11.2 Å². The van der Waals surface area contributed by atoms with Crippen LogP contribution in [0.15, 0.2) is 91.3 Å². The van der Waals surface area contributed by atoms with Gasteiger partial charge in [0.25, 0.3) is 5.91 Å². The van der Waals surface area contributed by atoms with E-state index in [-0.39, 0.29) is 5.91 Å². The Bertz CT molecular complexity index is 1100. The molecule has 0 aliphatic rings. The number of nitrogens with one attached hydrogen (secondary N) is 1. The summed E-state index contributed by atoms with van der Waals surface area (Å²) < 4.78 is 7.53. The highest BCUT2D eigenvalue weighted by Gasteiger charge is 2.14. The predicted molar refractivity (Wildman–Crippen MR) is 109 cm³/mol. The molecule has 0 aliphatic carbocycles. The number of carbonyl (C=O) groups excluding carboxylic acids is 1. The number of para-hydroxylation sites is 2. The van der Waals surface area contributed by atoms with Crippen LogP contribution < -0.4 is 10.1 Å². The largest absolute Gasteiger partial charge is 0.455 e. The van der Waals surface area contributed by atoms with Crippen molar-refractivity contribution in [3.05, 3.63) is 102 Å². The first-order valence-corrected chi connectivity index (χ1v) is 9.01. The number of hydrogen-bond donors (Lipinski definition) is 1. The summed E-state index contributed by atoms with van der Waals surface area (Å²) in [6, 6.07) is 24.0. The molecular weight excluding hydrogens is 374 g/mol. The summed E-state index contributed by atoms with van der Waals surface area (Å²) in [7, 11) is 0. The average molecular weight is 390 g/mol. The normalized spacial score (nSPS) is 10.5. The Morgan fingerprint density at radius 2 is 1.68 bits per heavy atom. The van der Waals surface area contributed by atoms with Gasteiger partial charge >= 0.3 is 0 Å². The van der Waals surface area contributed by atoms with E-state index in [1.54, 1.807) is 29.1 Å². The molecule has 5 nitrogen and oxygen atoms in total. The third-order valence-corrected chi connectivity index (χ3v) is 4.26. The molecule has 3 aromatic carbocycles. The predicted octanol–water partition coefficient (Wildman–Crippen LogP) is 5.57. The number of carbonyl (C=O) groups is 1. The van der Waals surface area contributed by atoms with Crippen LogP contribution in [0.3, 0.4) is 0 Å². The van der Waals surface area contributed by atoms with Crippen LogP contribution in [0.5, 0.6) is 11.5 Å². The molecule has 28 heavy (non-hydrogen) atoms. The summed E-state index contributed by atoms with van der Waals surface area (Å²) >= 11 is 6.11. The Kier molecular flexibility index (Phi) is 5.08. The molecule has 0 radical (unpaired) electrons. The van der Waals surface area contributed by atoms with Gasteiger partial charge in [0.1, 0.15) is 5.75 Å². The summed E-state index contributed by atoms with van der Waals surface area (Å²) in [5.74, 6) is 0.860. The number of ether oxygens (including phenoxy) is 1. The fourth-order valence-electron chi connectivity index (χ4n) is 2.66. The number of benzene rings is 3. The molecule has 6 heteroatoms. The number of rotatable bonds is 5. The molecule has 0 saturated carbocycles. The lowest BCUT2D eigenvalue weighted by Crippen LogP contribution is -2.12. The number of anilines is 1. The molecule has 0 aliphatic heterocycles. The summed E-state index contributed by atoms with van der Waals surface area (Å²) in [5.41, 5.74) is 1.78. The van der Waals surface area contributed by atoms with E-state index in [1.165, 1.54) is 6.20 Å². The molecule has 0 bridgehead atoms. The number of aromatic nitrogens is 2. The zero-order valence-corrected chi connectivity index (χ0v) is 15.5. The fourth-order valence-corrected chi connectivity index (χ4v) is 2.83. The maximum Gasteiger partial charge on any atom is 0.258 e. The Labute approximate surface area is 167 Å². The van der Waals surface area contributed by atoms with Crippen molar-refractivity contribution < 1.29 is 9.53 Å². The van der Waals surface area contributed by atoms with Crippen LogP contribution in [0.4, 0.5) is 5.69 Å². The Hall–Kier alpha value is -3.57. The highest BCUT2D eigenvalue weighted by atomic mass is 35.5. The van der Waals surface area contributed by atoms with Gasteiger partial charge in [0.2, 0.25) is 0 Å². The first-order chi connectivity index (χ1) is 13.7. The van der Waals surface area contributed by atoms with Crippen LogP contribution >= 0.6 is 11.6 Å². The minimum absolute atomic E-state index is 0.303. The molecule has 1 N–H and O–H groups in total. The highest BCUT2D eigenvalue weighted by Crippen LogP contribution is 2.32. The first kappa shape index (κ1) is 17.8. The van der Waals surface area contributed by atoms with E-state index < -0.39 is 0 Å². The van der Waals surface area contributed by atoms with Gasteiger partial charge < -0.3 is 10.1 Å². The molecule has 4 aromatic rings. The van der Waals surface area contributed by atoms with Crippen molar-refractivity contribution in [2.24, 2.45) is 0 Å². The smallest absolute Gasteiger partial charge is 0.258 e. The third kappa shape index (κ3) is 4.05. The molecule has 4 rings (SSSR count). The number of hydrogen-bond acceptors (Lipinski definition) is 3. The number of nitrogens with zero attached hydrogens (tertiary/aromatic N) is 2. The van der Waals surface area contributed by atoms with Crippen LogP contribution in [0.2, 0.25) is 5.02 Å². The van der Waals surface area contributed by atoms with Crippen molar-refractivity contribution in [1.29, 1.82) is 0 Å². The van der Waals surface area contributed by atoms with Gasteiger partial charge in [-0.25, -0.2) is 4.68 Å². The second-order valence-electron chi connectivity index (χ2n) is 6.02. The first-order valence-electron chi connectivity index (χ1n) is 8.63. The monoisotopic (exact) mass is 389 g/mol. The van der Waals surface area contributed by atoms with Crippen LogP contribution in [0.25, 0.3) is 5.69 Å². The minimum atomic E-state index is -0.303. The average Bonchev–Trinajstić information content (AvgIpc) is 3.22. The van der Waals surface area contributed by atoms with Crippen LogP contribution in [0.1, 0.15) is 10.4 Å². The number of halogens is 1. The van der Waals surface area contributed by atoms with Crippen molar-refractivity contribution in [3.8, 4) is 17.2 Å². The molecule has 0 saturated heterocycles. The SMILES string of the molecule is O=C(Nc1cc(Cl)ccc1Oc1ccccc1)c1cnn(-c2ccccc2)c1. The van der Waals surface area contributed by atoms with Gasteiger partial charge in [-0.2, -0.15) is 5.10 Å². The van der Waals surface area contributed by atoms with Gasteiger partial charge in [-0.3, -0.25) is 4.79 Å². The molecular formula is C22H16ClN3O2. The summed E-state index contributed by atoms with van der Waals surface area (Å²) in [6.07, 6.45) is 3.19. The van der Waals surface area contributed by atoms with Gasteiger partial charge in [-0.15, -0.1) is 0 Å². The van der Waals surface area contributed by atoms with E-state index in [2.05, 4.69) is 10.4 Å². The maximum absolute atomic E-state index is 12.7. The molecule has 1 amide bonds. The summed E-state index contributed by atoms with van der Waals surface area (Å²) in [4.78, 5) is 12.7. The second-order valence-corrected chi connectivity index (χ2v) is 6.46. The van der Waals surface area contributed by atoms with E-state index in [1.807, 2.05) is 60.7 Å². The zero-order chi connectivity index (χ0) is 19.3. The van der Waals surface area contributed by atoms with Crippen LogP contribution in [0, 0.1) is 0 Å². The fraction of sp³-hybridized carbons (Fsp3) is 0. The molecule has 138 valence electrons. The lowest BCUT2D eigenvalue weighted by Gasteiger charge is -2.12. The van der Waals surface area contributed by atoms with Crippen molar-refractivity contribution >= 4 is 23.2 Å². The van der Waals surface area contributed by atoms with E-state index in [0.29, 0.717) is 27.8 Å². The van der Waals surface area contributed by atoms with E-state index >= 15 is 0 Å². The van der Waals surface area contributed by atoms with Crippen LogP contribution in [-0.2, 0) is 0 Å². The summed E-state index contributed by atoms with van der Waals surface area (Å²) in [6.45, 7) is 0. The van der Waals surface area contributed by atoms with Crippen LogP contribution in [-0.4, -0.2) is 15.7 Å². The van der Waals surface area contributed by atoms with E-state index in [9.17, 15) is 4.79 Å². The number of amides is 1. The van der Waals surface area contributed by atoms with Crippen molar-refractivity contribution in [2.45, 2.75) is 0 Å². The molecule has 0 fully saturated rings. The zero-order valence-electron chi connectivity index (χ0n) is 14.7. The summed E-state index contributed by atoms with van der Waals surface area (Å²) in [5, 5.41) is 7.60. The van der Waals surface area contributed by atoms with Gasteiger partial charge in [0.15, 0.2) is 5.75 Å². The topological polar surface area (TPSA) is 56.1 Å². The van der Waals surface area contributed by atoms with E-state index in [0.717, 1.165) is 5.69 Å². The van der Waals surface area contributed by atoms with E-state index in [4.69, 9.17) is 16.3 Å². The minimum Gasteiger partial charge on any atom is -0.455 e. The lowest BCUT2D eigenvalue weighted by molar-refractivity contribution is 0.102. The Morgan fingerprint density at radius 1 is 0.964 bits per heavy atom. The highest BCUT2D eigenvalue weighted by molar-refractivity contribution is 6.31. The van der Waals surface area contributed by atoms with Gasteiger partial charge in [-0.1, -0.05) is 48.0 Å². The molecule has 0 spiro atoms. The van der Waals surface area contributed by atoms with Crippen molar-refractivity contribution in [1.82, 2.24) is 9.78 Å². The van der Waals surface area contributed by atoms with Crippen molar-refractivity contribution in [2.75, 3.05) is 5.32 Å².